The van der Waals surface area contributed by atoms with Crippen LogP contribution in [-0.2, 0) is 10.1 Å². The molecule has 0 saturated carbocycles. The van der Waals surface area contributed by atoms with Crippen LogP contribution in [0.25, 0.3) is 5.57 Å². The summed E-state index contributed by atoms with van der Waals surface area (Å²) in [6, 6.07) is 6.19. The van der Waals surface area contributed by atoms with Crippen molar-refractivity contribution in [2.45, 2.75) is 11.8 Å². The minimum Gasteiger partial charge on any atom is -0.344 e. The average molecular weight is 215 g/mol. The molecule has 0 heterocycles. The van der Waals surface area contributed by atoms with E-state index >= 15 is 0 Å². The van der Waals surface area contributed by atoms with Gasteiger partial charge in [-0.15, -0.1) is 0 Å². The van der Waals surface area contributed by atoms with Gasteiger partial charge in [0.15, 0.2) is 0 Å². The largest absolute Gasteiger partial charge is 0.344 e. The predicted octanol–water partition coefficient (Wildman–Crippen LogP) is 2.13. The van der Waals surface area contributed by atoms with Crippen LogP contribution >= 0.6 is 0 Å². The van der Waals surface area contributed by atoms with E-state index in [1.165, 1.54) is 6.07 Å². The summed E-state index contributed by atoms with van der Waals surface area (Å²) in [6.07, 6.45) is 0. The third-order valence-electron chi connectivity index (χ3n) is 1.62. The van der Waals surface area contributed by atoms with Crippen molar-refractivity contribution in [2.24, 2.45) is 0 Å². The molecule has 0 amide bonds. The van der Waals surface area contributed by atoms with Gasteiger partial charge in [-0.1, -0.05) is 24.8 Å². The lowest BCUT2D eigenvalue weighted by Gasteiger charge is -2.04. The van der Waals surface area contributed by atoms with Gasteiger partial charge in [-0.25, -0.2) is 0 Å². The van der Waals surface area contributed by atoms with E-state index in [1.54, 1.807) is 25.1 Å². The van der Waals surface area contributed by atoms with E-state index in [0.29, 0.717) is 11.1 Å². The number of hydrogen-bond acceptors (Lipinski definition) is 3. The topological polar surface area (TPSA) is 89.4 Å². The molecule has 0 spiro atoms. The fraction of sp³-hybridized carbons (Fsp3) is 0.111. The summed E-state index contributed by atoms with van der Waals surface area (Å²) in [5.74, 6) is 0. The van der Waals surface area contributed by atoms with E-state index < -0.39 is 10.1 Å². The highest BCUT2D eigenvalue weighted by Crippen LogP contribution is 2.20. The molecule has 0 aliphatic heterocycles. The van der Waals surface area contributed by atoms with E-state index in [9.17, 15) is 8.42 Å². The van der Waals surface area contributed by atoms with Gasteiger partial charge in [-0.05, 0) is 24.1 Å². The summed E-state index contributed by atoms with van der Waals surface area (Å²) in [4.78, 5) is -0.0949. The summed E-state index contributed by atoms with van der Waals surface area (Å²) < 4.78 is 30.6. The first-order valence-corrected chi connectivity index (χ1v) is 5.09. The van der Waals surface area contributed by atoms with Crippen LogP contribution < -0.4 is 6.15 Å². The number of hydrogen-bond donors (Lipinski definition) is 2. The molecule has 4 N–H and O–H groups in total. The molecule has 0 aromatic heterocycles. The summed E-state index contributed by atoms with van der Waals surface area (Å²) >= 11 is 0. The van der Waals surface area contributed by atoms with Gasteiger partial charge in [-0.2, -0.15) is 8.42 Å². The number of rotatable bonds is 2. The summed E-state index contributed by atoms with van der Waals surface area (Å²) in [5, 5.41) is 0. The van der Waals surface area contributed by atoms with E-state index in [-0.39, 0.29) is 11.0 Å². The van der Waals surface area contributed by atoms with Crippen LogP contribution in [-0.4, -0.2) is 13.0 Å². The zero-order chi connectivity index (χ0) is 10.1. The minimum absolute atomic E-state index is 0. The highest BCUT2D eigenvalue weighted by atomic mass is 32.2. The third kappa shape index (κ3) is 2.66. The summed E-state index contributed by atoms with van der Waals surface area (Å²) in [5.41, 5.74) is 1.05. The smallest absolute Gasteiger partial charge is 0.295 e. The Balaban J connectivity index is 0.00000169. The van der Waals surface area contributed by atoms with E-state index in [2.05, 4.69) is 6.58 Å². The molecule has 5 heteroatoms. The van der Waals surface area contributed by atoms with Crippen molar-refractivity contribution in [3.8, 4) is 0 Å². The maximum Gasteiger partial charge on any atom is 0.295 e. The first-order valence-electron chi connectivity index (χ1n) is 3.65. The van der Waals surface area contributed by atoms with Gasteiger partial charge >= 0.3 is 0 Å². The molecule has 1 aromatic rings. The highest BCUT2D eigenvalue weighted by Gasteiger charge is 2.14. The molecule has 0 bridgehead atoms. The van der Waals surface area contributed by atoms with Gasteiger partial charge in [0.2, 0.25) is 0 Å². The molecule has 14 heavy (non-hydrogen) atoms. The lowest BCUT2D eigenvalue weighted by molar-refractivity contribution is 0.483. The molecule has 0 fully saturated rings. The molecule has 1 rings (SSSR count). The van der Waals surface area contributed by atoms with Gasteiger partial charge in [0.1, 0.15) is 4.90 Å². The quantitative estimate of drug-likeness (QED) is 0.739. The molecule has 0 unspecified atom stereocenters. The standard InChI is InChI=1S/C9H10O3S.H3N/c1-7(2)8-5-3-4-6-9(8)13(10,11)12;/h3-6H,1H2,2H3,(H,10,11,12);1H3. The van der Waals surface area contributed by atoms with Crippen LogP contribution in [0.3, 0.4) is 0 Å². The van der Waals surface area contributed by atoms with Crippen molar-refractivity contribution in [1.29, 1.82) is 0 Å². The van der Waals surface area contributed by atoms with Crippen LogP contribution in [0.4, 0.5) is 0 Å². The Morgan fingerprint density at radius 1 is 1.36 bits per heavy atom. The Labute approximate surface area is 83.6 Å². The molecule has 4 nitrogen and oxygen atoms in total. The Morgan fingerprint density at radius 3 is 2.21 bits per heavy atom. The molecule has 0 aliphatic rings. The molecule has 0 aliphatic carbocycles. The Hall–Kier alpha value is -1.17. The van der Waals surface area contributed by atoms with Gasteiger partial charge < -0.3 is 6.15 Å². The van der Waals surface area contributed by atoms with Gasteiger partial charge in [0, 0.05) is 0 Å². The molecule has 78 valence electrons. The lowest BCUT2D eigenvalue weighted by atomic mass is 10.1. The van der Waals surface area contributed by atoms with Gasteiger partial charge in [-0.3, -0.25) is 4.55 Å². The first kappa shape index (κ1) is 12.8. The van der Waals surface area contributed by atoms with Crippen LogP contribution in [0.1, 0.15) is 12.5 Å². The fourth-order valence-electron chi connectivity index (χ4n) is 1.04. The normalized spacial score (nSPS) is 10.4. The first-order chi connectivity index (χ1) is 5.93. The van der Waals surface area contributed by atoms with Crippen molar-refractivity contribution in [3.63, 3.8) is 0 Å². The van der Waals surface area contributed by atoms with E-state index in [0.717, 1.165) is 0 Å². The van der Waals surface area contributed by atoms with Crippen molar-refractivity contribution < 1.29 is 13.0 Å². The van der Waals surface area contributed by atoms with E-state index in [4.69, 9.17) is 4.55 Å². The summed E-state index contributed by atoms with van der Waals surface area (Å²) in [7, 11) is -4.14. The fourth-order valence-corrected chi connectivity index (χ4v) is 1.81. The molecule has 1 aromatic carbocycles. The monoisotopic (exact) mass is 215 g/mol. The number of benzene rings is 1. The number of allylic oxidation sites excluding steroid dienone is 1. The van der Waals surface area contributed by atoms with Crippen molar-refractivity contribution in [1.82, 2.24) is 6.15 Å². The molecule has 0 radical (unpaired) electrons. The minimum atomic E-state index is -4.14. The molecular weight excluding hydrogens is 202 g/mol. The second kappa shape index (κ2) is 4.36. The van der Waals surface area contributed by atoms with Crippen molar-refractivity contribution in [3.05, 3.63) is 36.4 Å². The molecule has 0 atom stereocenters. The van der Waals surface area contributed by atoms with Crippen LogP contribution in [0.5, 0.6) is 0 Å². The van der Waals surface area contributed by atoms with Crippen LogP contribution in [0, 0.1) is 0 Å². The van der Waals surface area contributed by atoms with Crippen molar-refractivity contribution >= 4 is 15.7 Å². The zero-order valence-corrected chi connectivity index (χ0v) is 8.71. The van der Waals surface area contributed by atoms with Crippen molar-refractivity contribution in [2.75, 3.05) is 0 Å². The maximum absolute atomic E-state index is 10.9. The molecule has 0 saturated heterocycles. The second-order valence-corrected chi connectivity index (χ2v) is 4.14. The Bertz CT molecular complexity index is 437. The van der Waals surface area contributed by atoms with Crippen LogP contribution in [0.15, 0.2) is 35.7 Å². The zero-order valence-electron chi connectivity index (χ0n) is 7.90. The predicted molar refractivity (Wildman–Crippen MR) is 56.0 cm³/mol. The van der Waals surface area contributed by atoms with Gasteiger partial charge in [0.05, 0.1) is 0 Å². The van der Waals surface area contributed by atoms with E-state index in [1.807, 2.05) is 0 Å². The lowest BCUT2D eigenvalue weighted by Crippen LogP contribution is -2.01. The SMILES string of the molecule is C=C(C)c1ccccc1S(=O)(=O)O.N. The Kier molecular flexibility index (Phi) is 4.00. The summed E-state index contributed by atoms with van der Waals surface area (Å²) in [6.45, 7) is 5.31. The second-order valence-electron chi connectivity index (χ2n) is 2.75. The molecular formula is C9H13NO3S. The van der Waals surface area contributed by atoms with Gasteiger partial charge in [0.25, 0.3) is 10.1 Å². The Morgan fingerprint density at radius 2 is 1.86 bits per heavy atom. The highest BCUT2D eigenvalue weighted by molar-refractivity contribution is 7.85. The maximum atomic E-state index is 10.9. The average Bonchev–Trinajstić information content (AvgIpc) is 2.03. The third-order valence-corrected chi connectivity index (χ3v) is 2.54. The van der Waals surface area contributed by atoms with Crippen LogP contribution in [0.2, 0.25) is 0 Å².